The lowest BCUT2D eigenvalue weighted by Crippen LogP contribution is -2.51. The van der Waals surface area contributed by atoms with Crippen molar-refractivity contribution in [2.24, 2.45) is 5.41 Å². The Morgan fingerprint density at radius 2 is 1.94 bits per heavy atom. The van der Waals surface area contributed by atoms with Crippen molar-refractivity contribution >= 4 is 0 Å². The van der Waals surface area contributed by atoms with Crippen molar-refractivity contribution in [3.63, 3.8) is 0 Å². The summed E-state index contributed by atoms with van der Waals surface area (Å²) in [5.74, 6) is 0. The molecule has 0 amide bonds. The van der Waals surface area contributed by atoms with Gasteiger partial charge in [0, 0.05) is 12.1 Å². The fourth-order valence-corrected chi connectivity index (χ4v) is 3.32. The molecule has 0 aromatic rings. The lowest BCUT2D eigenvalue weighted by atomic mass is 9.71. The highest BCUT2D eigenvalue weighted by Gasteiger charge is 2.43. The predicted octanol–water partition coefficient (Wildman–Crippen LogP) is 3.19. The van der Waals surface area contributed by atoms with Gasteiger partial charge in [0.15, 0.2) is 0 Å². The Bertz CT molecular complexity index is 247. The summed E-state index contributed by atoms with van der Waals surface area (Å²) < 4.78 is 0. The first kappa shape index (κ1) is 13.4. The van der Waals surface area contributed by atoms with Crippen LogP contribution >= 0.6 is 0 Å². The summed E-state index contributed by atoms with van der Waals surface area (Å²) in [5.41, 5.74) is 0.384. The maximum atomic E-state index is 9.96. The molecule has 0 aromatic heterocycles. The zero-order valence-corrected chi connectivity index (χ0v) is 11.8. The summed E-state index contributed by atoms with van der Waals surface area (Å²) in [4.78, 5) is 2.73. The zero-order valence-electron chi connectivity index (χ0n) is 11.8. The van der Waals surface area contributed by atoms with E-state index in [2.05, 4.69) is 25.7 Å². The number of aliphatic hydroxyl groups is 1. The Hall–Kier alpha value is -0.0800. The summed E-state index contributed by atoms with van der Waals surface area (Å²) in [7, 11) is 0. The van der Waals surface area contributed by atoms with Crippen molar-refractivity contribution in [3.8, 4) is 0 Å². The summed E-state index contributed by atoms with van der Waals surface area (Å²) in [6.07, 6.45) is 8.45. The van der Waals surface area contributed by atoms with E-state index in [4.69, 9.17) is 0 Å². The standard InChI is InChI=1S/C15H29NO/c1-4-5-10-16(12-6-7-12)14-11-13(17)8-9-15(14,2)3/h12-14,17H,4-11H2,1-3H3. The van der Waals surface area contributed by atoms with Crippen LogP contribution in [0.1, 0.15) is 65.7 Å². The maximum Gasteiger partial charge on any atom is 0.0555 e. The average Bonchev–Trinajstić information content (AvgIpc) is 3.08. The smallest absolute Gasteiger partial charge is 0.0555 e. The summed E-state index contributed by atoms with van der Waals surface area (Å²) in [5, 5.41) is 9.96. The van der Waals surface area contributed by atoms with Crippen molar-refractivity contribution in [2.45, 2.75) is 83.9 Å². The van der Waals surface area contributed by atoms with Crippen molar-refractivity contribution in [1.82, 2.24) is 4.90 Å². The third kappa shape index (κ3) is 3.23. The van der Waals surface area contributed by atoms with Gasteiger partial charge >= 0.3 is 0 Å². The van der Waals surface area contributed by atoms with E-state index >= 15 is 0 Å². The SMILES string of the molecule is CCCCN(C1CC1)C1CC(O)CCC1(C)C. The van der Waals surface area contributed by atoms with Crippen molar-refractivity contribution in [2.75, 3.05) is 6.54 Å². The van der Waals surface area contributed by atoms with Gasteiger partial charge in [-0.25, -0.2) is 0 Å². The normalized spacial score (nSPS) is 33.0. The van der Waals surface area contributed by atoms with Crippen LogP contribution in [0.25, 0.3) is 0 Å². The molecule has 0 heterocycles. The van der Waals surface area contributed by atoms with Gasteiger partial charge in [0.05, 0.1) is 6.10 Å². The highest BCUT2D eigenvalue weighted by Crippen LogP contribution is 2.42. The molecule has 100 valence electrons. The first-order chi connectivity index (χ1) is 8.04. The number of unbranched alkanes of at least 4 members (excludes halogenated alkanes) is 1. The molecule has 2 atom stereocenters. The molecule has 1 N–H and O–H groups in total. The van der Waals surface area contributed by atoms with Gasteiger partial charge in [-0.2, -0.15) is 0 Å². The highest BCUT2D eigenvalue weighted by molar-refractivity contribution is 4.98. The van der Waals surface area contributed by atoms with E-state index in [1.807, 2.05) is 0 Å². The zero-order chi connectivity index (χ0) is 12.5. The van der Waals surface area contributed by atoms with Gasteiger partial charge in [-0.1, -0.05) is 27.2 Å². The molecule has 0 spiro atoms. The van der Waals surface area contributed by atoms with Gasteiger partial charge in [-0.05, 0) is 50.5 Å². The minimum atomic E-state index is -0.0594. The van der Waals surface area contributed by atoms with Crippen molar-refractivity contribution in [1.29, 1.82) is 0 Å². The molecule has 2 saturated carbocycles. The van der Waals surface area contributed by atoms with E-state index in [1.54, 1.807) is 0 Å². The Balaban J connectivity index is 2.03. The second-order valence-corrected chi connectivity index (χ2v) is 6.76. The van der Waals surface area contributed by atoms with Gasteiger partial charge < -0.3 is 5.11 Å². The molecule has 2 aliphatic carbocycles. The Morgan fingerprint density at radius 1 is 1.24 bits per heavy atom. The molecular weight excluding hydrogens is 210 g/mol. The van der Waals surface area contributed by atoms with E-state index in [-0.39, 0.29) is 6.10 Å². The molecular formula is C15H29NO. The fourth-order valence-electron chi connectivity index (χ4n) is 3.32. The van der Waals surface area contributed by atoms with Crippen LogP contribution in [0.2, 0.25) is 0 Å². The topological polar surface area (TPSA) is 23.5 Å². The molecule has 2 nitrogen and oxygen atoms in total. The van der Waals surface area contributed by atoms with Crippen molar-refractivity contribution in [3.05, 3.63) is 0 Å². The molecule has 0 bridgehead atoms. The van der Waals surface area contributed by atoms with E-state index in [1.165, 1.54) is 38.6 Å². The Labute approximate surface area is 106 Å². The molecule has 2 rings (SSSR count). The minimum Gasteiger partial charge on any atom is -0.393 e. The minimum absolute atomic E-state index is 0.0594. The van der Waals surface area contributed by atoms with Gasteiger partial charge in [0.25, 0.3) is 0 Å². The quantitative estimate of drug-likeness (QED) is 0.796. The Morgan fingerprint density at radius 3 is 2.53 bits per heavy atom. The molecule has 17 heavy (non-hydrogen) atoms. The fraction of sp³-hybridized carbons (Fsp3) is 1.00. The van der Waals surface area contributed by atoms with Crippen LogP contribution in [0, 0.1) is 5.41 Å². The summed E-state index contributed by atoms with van der Waals surface area (Å²) >= 11 is 0. The third-order valence-corrected chi connectivity index (χ3v) is 4.71. The van der Waals surface area contributed by atoms with Gasteiger partial charge in [-0.3, -0.25) is 4.90 Å². The van der Waals surface area contributed by atoms with Gasteiger partial charge in [0.1, 0.15) is 0 Å². The third-order valence-electron chi connectivity index (χ3n) is 4.71. The molecule has 2 unspecified atom stereocenters. The lowest BCUT2D eigenvalue weighted by Gasteiger charge is -2.47. The molecule has 0 radical (unpaired) electrons. The van der Waals surface area contributed by atoms with Gasteiger partial charge in [0.2, 0.25) is 0 Å². The van der Waals surface area contributed by atoms with Crippen LogP contribution in [0.3, 0.4) is 0 Å². The molecule has 0 aromatic carbocycles. The largest absolute Gasteiger partial charge is 0.393 e. The number of aliphatic hydroxyl groups excluding tert-OH is 1. The average molecular weight is 239 g/mol. The molecule has 0 saturated heterocycles. The second kappa shape index (κ2) is 5.27. The molecule has 0 aliphatic heterocycles. The molecule has 2 fully saturated rings. The number of nitrogens with zero attached hydrogens (tertiary/aromatic N) is 1. The van der Waals surface area contributed by atoms with E-state index in [0.717, 1.165) is 18.9 Å². The van der Waals surface area contributed by atoms with Crippen LogP contribution in [0.5, 0.6) is 0 Å². The summed E-state index contributed by atoms with van der Waals surface area (Å²) in [6, 6.07) is 1.43. The Kier molecular flexibility index (Phi) is 4.14. The van der Waals surface area contributed by atoms with Gasteiger partial charge in [-0.15, -0.1) is 0 Å². The van der Waals surface area contributed by atoms with Crippen LogP contribution < -0.4 is 0 Å². The van der Waals surface area contributed by atoms with E-state index in [9.17, 15) is 5.11 Å². The van der Waals surface area contributed by atoms with Crippen LogP contribution in [-0.2, 0) is 0 Å². The maximum absolute atomic E-state index is 9.96. The highest BCUT2D eigenvalue weighted by atomic mass is 16.3. The van der Waals surface area contributed by atoms with E-state index in [0.29, 0.717) is 11.5 Å². The van der Waals surface area contributed by atoms with Crippen LogP contribution in [0.15, 0.2) is 0 Å². The number of hydrogen-bond acceptors (Lipinski definition) is 2. The van der Waals surface area contributed by atoms with Crippen LogP contribution in [-0.4, -0.2) is 34.7 Å². The first-order valence-electron chi connectivity index (χ1n) is 7.48. The van der Waals surface area contributed by atoms with Crippen molar-refractivity contribution < 1.29 is 5.11 Å². The number of rotatable bonds is 5. The van der Waals surface area contributed by atoms with E-state index < -0.39 is 0 Å². The molecule has 2 heteroatoms. The number of hydrogen-bond donors (Lipinski definition) is 1. The first-order valence-corrected chi connectivity index (χ1v) is 7.48. The summed E-state index contributed by atoms with van der Waals surface area (Å²) in [6.45, 7) is 8.30. The second-order valence-electron chi connectivity index (χ2n) is 6.76. The molecule has 2 aliphatic rings. The monoisotopic (exact) mass is 239 g/mol. The van der Waals surface area contributed by atoms with Crippen LogP contribution in [0.4, 0.5) is 0 Å². The predicted molar refractivity (Wildman–Crippen MR) is 72.1 cm³/mol. The lowest BCUT2D eigenvalue weighted by molar-refractivity contribution is -0.0157.